The van der Waals surface area contributed by atoms with Crippen molar-refractivity contribution in [2.24, 2.45) is 22.7 Å². The van der Waals surface area contributed by atoms with Gasteiger partial charge in [0.05, 0.1) is 0 Å². The SMILES string of the molecule is C=C[C@@]1(C)CC(=O)C2CC1C2(C)C. The monoisotopic (exact) mass is 178 g/mol. The van der Waals surface area contributed by atoms with E-state index in [2.05, 4.69) is 27.4 Å². The van der Waals surface area contributed by atoms with Crippen LogP contribution < -0.4 is 0 Å². The van der Waals surface area contributed by atoms with Crippen molar-refractivity contribution in [3.05, 3.63) is 12.7 Å². The number of hydrogen-bond donors (Lipinski definition) is 0. The molecule has 0 amide bonds. The molecule has 1 nitrogen and oxygen atoms in total. The number of Topliss-reactive ketones (excluding diaryl/α,β-unsaturated/α-hetero) is 1. The summed E-state index contributed by atoms with van der Waals surface area (Å²) < 4.78 is 0. The highest BCUT2D eigenvalue weighted by Crippen LogP contribution is 2.64. The molecule has 0 heterocycles. The summed E-state index contributed by atoms with van der Waals surface area (Å²) in [5.41, 5.74) is 0.285. The molecule has 3 aliphatic carbocycles. The van der Waals surface area contributed by atoms with Crippen LogP contribution in [0.2, 0.25) is 0 Å². The lowest BCUT2D eigenvalue weighted by molar-refractivity contribution is -0.165. The summed E-state index contributed by atoms with van der Waals surface area (Å²) in [7, 11) is 0. The normalized spacial score (nSPS) is 46.8. The summed E-state index contributed by atoms with van der Waals surface area (Å²) in [6.45, 7) is 10.5. The van der Waals surface area contributed by atoms with Crippen molar-refractivity contribution >= 4 is 5.78 Å². The van der Waals surface area contributed by atoms with E-state index >= 15 is 0 Å². The molecule has 0 spiro atoms. The molecule has 3 saturated carbocycles. The minimum atomic E-state index is 0.0648. The Morgan fingerprint density at radius 3 is 2.46 bits per heavy atom. The van der Waals surface area contributed by atoms with Gasteiger partial charge in [-0.15, -0.1) is 6.58 Å². The highest BCUT2D eigenvalue weighted by molar-refractivity contribution is 5.85. The lowest BCUT2D eigenvalue weighted by atomic mass is 9.41. The lowest BCUT2D eigenvalue weighted by Crippen LogP contribution is -2.60. The zero-order valence-corrected chi connectivity index (χ0v) is 8.76. The summed E-state index contributed by atoms with van der Waals surface area (Å²) in [5, 5.41) is 0. The number of ketones is 1. The Labute approximate surface area is 80.2 Å². The van der Waals surface area contributed by atoms with Crippen LogP contribution in [-0.2, 0) is 4.79 Å². The van der Waals surface area contributed by atoms with E-state index < -0.39 is 0 Å². The summed E-state index contributed by atoms with van der Waals surface area (Å²) in [5.74, 6) is 1.46. The molecule has 3 atom stereocenters. The Hall–Kier alpha value is -0.590. The molecular formula is C12H18O. The minimum Gasteiger partial charge on any atom is -0.299 e. The van der Waals surface area contributed by atoms with Crippen LogP contribution in [0.1, 0.15) is 33.6 Å². The first-order chi connectivity index (χ1) is 5.92. The van der Waals surface area contributed by atoms with E-state index in [1.807, 2.05) is 6.08 Å². The van der Waals surface area contributed by atoms with Crippen LogP contribution in [0.25, 0.3) is 0 Å². The van der Waals surface area contributed by atoms with E-state index in [9.17, 15) is 4.79 Å². The topological polar surface area (TPSA) is 17.1 Å². The van der Waals surface area contributed by atoms with Crippen molar-refractivity contribution in [3.8, 4) is 0 Å². The molecule has 0 radical (unpaired) electrons. The van der Waals surface area contributed by atoms with Crippen LogP contribution in [-0.4, -0.2) is 5.78 Å². The van der Waals surface area contributed by atoms with Gasteiger partial charge in [-0.2, -0.15) is 0 Å². The molecule has 72 valence electrons. The molecule has 2 bridgehead atoms. The summed E-state index contributed by atoms with van der Waals surface area (Å²) >= 11 is 0. The third-order valence-electron chi connectivity index (χ3n) is 4.47. The molecule has 3 aliphatic rings. The molecule has 0 aromatic rings. The van der Waals surface area contributed by atoms with Gasteiger partial charge in [-0.1, -0.05) is 26.8 Å². The van der Waals surface area contributed by atoms with E-state index in [1.165, 1.54) is 0 Å². The number of allylic oxidation sites excluding steroid dienone is 1. The maximum absolute atomic E-state index is 11.8. The zero-order valence-electron chi connectivity index (χ0n) is 8.76. The van der Waals surface area contributed by atoms with Gasteiger partial charge in [-0.3, -0.25) is 4.79 Å². The predicted molar refractivity (Wildman–Crippen MR) is 53.3 cm³/mol. The van der Waals surface area contributed by atoms with Crippen LogP contribution >= 0.6 is 0 Å². The van der Waals surface area contributed by atoms with Crippen molar-refractivity contribution in [2.75, 3.05) is 0 Å². The Kier molecular flexibility index (Phi) is 1.56. The Morgan fingerprint density at radius 1 is 1.46 bits per heavy atom. The second-order valence-corrected chi connectivity index (χ2v) is 5.52. The van der Waals surface area contributed by atoms with Gasteiger partial charge in [0.15, 0.2) is 0 Å². The largest absolute Gasteiger partial charge is 0.299 e. The van der Waals surface area contributed by atoms with Crippen molar-refractivity contribution in [1.29, 1.82) is 0 Å². The molecule has 0 aliphatic heterocycles. The maximum Gasteiger partial charge on any atom is 0.137 e. The highest BCUT2D eigenvalue weighted by atomic mass is 16.1. The van der Waals surface area contributed by atoms with Crippen LogP contribution in [0.15, 0.2) is 12.7 Å². The zero-order chi connectivity index (χ0) is 9.85. The fourth-order valence-corrected chi connectivity index (χ4v) is 3.43. The predicted octanol–water partition coefficient (Wildman–Crippen LogP) is 2.81. The van der Waals surface area contributed by atoms with E-state index in [4.69, 9.17) is 0 Å². The molecule has 2 unspecified atom stereocenters. The Bertz CT molecular complexity index is 277. The van der Waals surface area contributed by atoms with Crippen molar-refractivity contribution in [2.45, 2.75) is 33.6 Å². The maximum atomic E-state index is 11.8. The number of hydrogen-bond acceptors (Lipinski definition) is 1. The third kappa shape index (κ3) is 0.905. The Morgan fingerprint density at radius 2 is 2.08 bits per heavy atom. The van der Waals surface area contributed by atoms with E-state index in [-0.39, 0.29) is 10.8 Å². The van der Waals surface area contributed by atoms with Crippen LogP contribution in [0.3, 0.4) is 0 Å². The second-order valence-electron chi connectivity index (χ2n) is 5.52. The molecule has 13 heavy (non-hydrogen) atoms. The molecule has 0 N–H and O–H groups in total. The van der Waals surface area contributed by atoms with Crippen LogP contribution in [0, 0.1) is 22.7 Å². The van der Waals surface area contributed by atoms with Gasteiger partial charge >= 0.3 is 0 Å². The molecular weight excluding hydrogens is 160 g/mol. The fraction of sp³-hybridized carbons (Fsp3) is 0.750. The van der Waals surface area contributed by atoms with Crippen molar-refractivity contribution < 1.29 is 4.79 Å². The van der Waals surface area contributed by atoms with Gasteiger partial charge in [0, 0.05) is 12.3 Å². The summed E-state index contributed by atoms with van der Waals surface area (Å²) in [4.78, 5) is 11.8. The number of rotatable bonds is 1. The third-order valence-corrected chi connectivity index (χ3v) is 4.47. The molecule has 0 aromatic heterocycles. The first kappa shape index (κ1) is 8.98. The smallest absolute Gasteiger partial charge is 0.137 e. The molecule has 3 fully saturated rings. The lowest BCUT2D eigenvalue weighted by Gasteiger charge is -2.62. The standard InChI is InChI=1S/C12H18O/c1-5-12(4)7-9(13)8-6-10(12)11(8,2)3/h5,8,10H,1,6-7H2,2-4H3/t8?,10?,12-/m0/s1. The first-order valence-corrected chi connectivity index (χ1v) is 5.08. The van der Waals surface area contributed by atoms with Gasteiger partial charge in [0.1, 0.15) is 5.78 Å². The quantitative estimate of drug-likeness (QED) is 0.564. The number of carbonyl (C=O) groups excluding carboxylic acids is 1. The fourth-order valence-electron chi connectivity index (χ4n) is 3.43. The van der Waals surface area contributed by atoms with E-state index in [0.29, 0.717) is 17.6 Å². The van der Waals surface area contributed by atoms with Crippen molar-refractivity contribution in [1.82, 2.24) is 0 Å². The average molecular weight is 178 g/mol. The first-order valence-electron chi connectivity index (χ1n) is 5.08. The average Bonchev–Trinajstić information content (AvgIpc) is 2.02. The summed E-state index contributed by atoms with van der Waals surface area (Å²) in [6, 6.07) is 0. The summed E-state index contributed by atoms with van der Waals surface area (Å²) in [6.07, 6.45) is 3.80. The molecule has 3 rings (SSSR count). The Balaban J connectivity index is 2.37. The molecule has 1 heteroatoms. The van der Waals surface area contributed by atoms with E-state index in [1.54, 1.807) is 0 Å². The van der Waals surface area contributed by atoms with Crippen LogP contribution in [0.5, 0.6) is 0 Å². The molecule has 0 aromatic carbocycles. The minimum absolute atomic E-state index is 0.0648. The van der Waals surface area contributed by atoms with E-state index in [0.717, 1.165) is 12.8 Å². The second kappa shape index (κ2) is 2.26. The van der Waals surface area contributed by atoms with Gasteiger partial charge in [-0.25, -0.2) is 0 Å². The van der Waals surface area contributed by atoms with Gasteiger partial charge in [0.25, 0.3) is 0 Å². The van der Waals surface area contributed by atoms with Crippen LogP contribution in [0.4, 0.5) is 0 Å². The van der Waals surface area contributed by atoms with Gasteiger partial charge in [-0.05, 0) is 23.2 Å². The van der Waals surface area contributed by atoms with Gasteiger partial charge < -0.3 is 0 Å². The molecule has 0 saturated heterocycles. The van der Waals surface area contributed by atoms with Crippen molar-refractivity contribution in [3.63, 3.8) is 0 Å². The van der Waals surface area contributed by atoms with Gasteiger partial charge in [0.2, 0.25) is 0 Å². The highest BCUT2D eigenvalue weighted by Gasteiger charge is 2.61. The number of carbonyl (C=O) groups is 1. The number of fused-ring (bicyclic) bond motifs is 2.